The Bertz CT molecular complexity index is 276. The van der Waals surface area contributed by atoms with Gasteiger partial charge in [0.15, 0.2) is 0 Å². The summed E-state index contributed by atoms with van der Waals surface area (Å²) in [4.78, 5) is 24.1. The van der Waals surface area contributed by atoms with Crippen LogP contribution in [0.3, 0.4) is 0 Å². The maximum absolute atomic E-state index is 11.6. The van der Waals surface area contributed by atoms with E-state index in [0.29, 0.717) is 19.5 Å². The molecule has 2 fully saturated rings. The molecule has 1 unspecified atom stereocenters. The molecule has 0 aromatic carbocycles. The number of hydrogen-bond donors (Lipinski definition) is 2. The number of carbonyl (C=O) groups is 2. The summed E-state index contributed by atoms with van der Waals surface area (Å²) < 4.78 is 0. The van der Waals surface area contributed by atoms with Crippen molar-refractivity contribution in [1.82, 2.24) is 10.2 Å². The van der Waals surface area contributed by atoms with Crippen LogP contribution >= 0.6 is 0 Å². The Morgan fingerprint density at radius 1 is 1.33 bits per heavy atom. The van der Waals surface area contributed by atoms with Crippen molar-refractivity contribution in [2.75, 3.05) is 19.6 Å². The zero-order valence-electron chi connectivity index (χ0n) is 8.74. The lowest BCUT2D eigenvalue weighted by atomic mass is 10.0. The number of nitrogens with two attached hydrogens (primary N) is 1. The normalized spacial score (nSPS) is 24.8. The van der Waals surface area contributed by atoms with Gasteiger partial charge in [0.1, 0.15) is 6.04 Å². The van der Waals surface area contributed by atoms with Crippen molar-refractivity contribution in [3.05, 3.63) is 0 Å². The maximum Gasteiger partial charge on any atom is 0.240 e. The lowest BCUT2D eigenvalue weighted by Gasteiger charge is -2.38. The van der Waals surface area contributed by atoms with E-state index in [-0.39, 0.29) is 11.9 Å². The minimum absolute atomic E-state index is 0.00861. The fourth-order valence-corrected chi connectivity index (χ4v) is 1.79. The topological polar surface area (TPSA) is 75.4 Å². The highest BCUT2D eigenvalue weighted by Crippen LogP contribution is 2.27. The van der Waals surface area contributed by atoms with Crippen LogP contribution in [0.15, 0.2) is 0 Å². The van der Waals surface area contributed by atoms with Gasteiger partial charge in [0, 0.05) is 6.54 Å². The molecule has 1 aliphatic carbocycles. The number of likely N-dealkylation sites (tertiary alicyclic amines) is 1. The fourth-order valence-electron chi connectivity index (χ4n) is 1.79. The Morgan fingerprint density at radius 3 is 2.53 bits per heavy atom. The molecular formula is C10H17N3O2. The van der Waals surface area contributed by atoms with E-state index < -0.39 is 5.91 Å². The molecule has 1 atom stereocenters. The number of primary amides is 1. The zero-order valence-corrected chi connectivity index (χ0v) is 8.74. The monoisotopic (exact) mass is 211 g/mol. The molecule has 3 N–H and O–H groups in total. The van der Waals surface area contributed by atoms with Crippen LogP contribution in [0.2, 0.25) is 0 Å². The lowest BCUT2D eigenvalue weighted by molar-refractivity contribution is -0.145. The molecule has 2 rings (SSSR count). The Kier molecular flexibility index (Phi) is 2.90. The first kappa shape index (κ1) is 10.4. The summed E-state index contributed by atoms with van der Waals surface area (Å²) >= 11 is 0. The highest BCUT2D eigenvalue weighted by Gasteiger charge is 2.35. The quantitative estimate of drug-likeness (QED) is 0.617. The summed E-state index contributed by atoms with van der Waals surface area (Å²) in [5.41, 5.74) is 5.16. The standard InChI is InChI=1S/C10H17N3O2/c11-10(15)8-3-4-13(8)9(14)6-12-5-7-1-2-7/h7-8,12H,1-6H2,(H2,11,15). The number of carbonyl (C=O) groups excluding carboxylic acids is 2. The van der Waals surface area contributed by atoms with Gasteiger partial charge < -0.3 is 16.0 Å². The highest BCUT2D eigenvalue weighted by molar-refractivity contribution is 5.89. The second kappa shape index (κ2) is 4.18. The number of nitrogens with zero attached hydrogens (tertiary/aromatic N) is 1. The van der Waals surface area contributed by atoms with E-state index in [1.54, 1.807) is 4.90 Å². The molecule has 2 aliphatic rings. The molecule has 5 heteroatoms. The van der Waals surface area contributed by atoms with Gasteiger partial charge >= 0.3 is 0 Å². The summed E-state index contributed by atoms with van der Waals surface area (Å²) in [6.45, 7) is 1.92. The van der Waals surface area contributed by atoms with Gasteiger partial charge in [-0.25, -0.2) is 0 Å². The molecule has 0 bridgehead atoms. The Balaban J connectivity index is 1.68. The van der Waals surface area contributed by atoms with Crippen LogP contribution in [-0.2, 0) is 9.59 Å². The smallest absolute Gasteiger partial charge is 0.240 e. The summed E-state index contributed by atoms with van der Waals surface area (Å²) in [6.07, 6.45) is 3.26. The van der Waals surface area contributed by atoms with E-state index in [0.717, 1.165) is 12.5 Å². The molecule has 2 amide bonds. The van der Waals surface area contributed by atoms with Crippen LogP contribution in [0.25, 0.3) is 0 Å². The van der Waals surface area contributed by atoms with Crippen molar-refractivity contribution < 1.29 is 9.59 Å². The van der Waals surface area contributed by atoms with Crippen molar-refractivity contribution in [2.45, 2.75) is 25.3 Å². The van der Waals surface area contributed by atoms with Crippen molar-refractivity contribution in [3.63, 3.8) is 0 Å². The average molecular weight is 211 g/mol. The van der Waals surface area contributed by atoms with Gasteiger partial charge in [-0.15, -0.1) is 0 Å². The SMILES string of the molecule is NC(=O)C1CCN1C(=O)CNCC1CC1. The van der Waals surface area contributed by atoms with Crippen molar-refractivity contribution in [3.8, 4) is 0 Å². The largest absolute Gasteiger partial charge is 0.368 e. The van der Waals surface area contributed by atoms with Crippen LogP contribution in [0.4, 0.5) is 0 Å². The lowest BCUT2D eigenvalue weighted by Crippen LogP contribution is -2.59. The van der Waals surface area contributed by atoms with Gasteiger partial charge in [-0.1, -0.05) is 0 Å². The summed E-state index contributed by atoms with van der Waals surface area (Å²) in [6, 6.07) is -0.361. The third kappa shape index (κ3) is 2.47. The van der Waals surface area contributed by atoms with Gasteiger partial charge in [0.2, 0.25) is 11.8 Å². The van der Waals surface area contributed by atoms with Crippen molar-refractivity contribution >= 4 is 11.8 Å². The molecule has 15 heavy (non-hydrogen) atoms. The second-order valence-electron chi connectivity index (χ2n) is 4.37. The van der Waals surface area contributed by atoms with Gasteiger partial charge in [0.05, 0.1) is 6.54 Å². The molecule has 1 heterocycles. The van der Waals surface area contributed by atoms with Gasteiger partial charge in [-0.05, 0) is 31.7 Å². The first-order chi connectivity index (χ1) is 7.18. The summed E-state index contributed by atoms with van der Waals surface area (Å²) in [5, 5.41) is 3.11. The van der Waals surface area contributed by atoms with Gasteiger partial charge in [-0.2, -0.15) is 0 Å². The molecule has 0 aromatic heterocycles. The average Bonchev–Trinajstić information content (AvgIpc) is 2.84. The molecule has 1 saturated carbocycles. The third-order valence-corrected chi connectivity index (χ3v) is 3.07. The molecule has 1 aliphatic heterocycles. The van der Waals surface area contributed by atoms with E-state index >= 15 is 0 Å². The molecule has 84 valence electrons. The zero-order chi connectivity index (χ0) is 10.8. The number of amides is 2. The van der Waals surface area contributed by atoms with Gasteiger partial charge in [-0.3, -0.25) is 9.59 Å². The molecule has 0 radical (unpaired) electrons. The number of rotatable bonds is 5. The Morgan fingerprint density at radius 2 is 2.07 bits per heavy atom. The van der Waals surface area contributed by atoms with E-state index in [1.165, 1.54) is 12.8 Å². The molecule has 1 saturated heterocycles. The van der Waals surface area contributed by atoms with Crippen molar-refractivity contribution in [2.24, 2.45) is 11.7 Å². The first-order valence-electron chi connectivity index (χ1n) is 5.48. The van der Waals surface area contributed by atoms with Crippen LogP contribution in [0.5, 0.6) is 0 Å². The predicted octanol–water partition coefficient (Wildman–Crippen LogP) is -0.928. The minimum Gasteiger partial charge on any atom is -0.368 e. The summed E-state index contributed by atoms with van der Waals surface area (Å²) in [5.74, 6) is 0.364. The van der Waals surface area contributed by atoms with Crippen molar-refractivity contribution in [1.29, 1.82) is 0 Å². The van der Waals surface area contributed by atoms with E-state index in [1.807, 2.05) is 0 Å². The first-order valence-corrected chi connectivity index (χ1v) is 5.48. The van der Waals surface area contributed by atoms with E-state index in [4.69, 9.17) is 5.73 Å². The third-order valence-electron chi connectivity index (χ3n) is 3.07. The fraction of sp³-hybridized carbons (Fsp3) is 0.800. The van der Waals surface area contributed by atoms with Crippen LogP contribution in [0, 0.1) is 5.92 Å². The van der Waals surface area contributed by atoms with Crippen LogP contribution in [0.1, 0.15) is 19.3 Å². The number of hydrogen-bond acceptors (Lipinski definition) is 3. The van der Waals surface area contributed by atoms with Crippen LogP contribution in [-0.4, -0.2) is 42.4 Å². The molecular weight excluding hydrogens is 194 g/mol. The summed E-state index contributed by atoms with van der Waals surface area (Å²) in [7, 11) is 0. The minimum atomic E-state index is -0.392. The van der Waals surface area contributed by atoms with Gasteiger partial charge in [0.25, 0.3) is 0 Å². The molecule has 0 aromatic rings. The molecule has 5 nitrogen and oxygen atoms in total. The second-order valence-corrected chi connectivity index (χ2v) is 4.37. The van der Waals surface area contributed by atoms with E-state index in [9.17, 15) is 9.59 Å². The van der Waals surface area contributed by atoms with E-state index in [2.05, 4.69) is 5.32 Å². The maximum atomic E-state index is 11.6. The highest BCUT2D eigenvalue weighted by atomic mass is 16.2. The molecule has 0 spiro atoms. The Labute approximate surface area is 89.0 Å². The van der Waals surface area contributed by atoms with Crippen LogP contribution < -0.4 is 11.1 Å². The Hall–Kier alpha value is -1.10. The number of nitrogens with one attached hydrogen (secondary N) is 1. The predicted molar refractivity (Wildman–Crippen MR) is 54.9 cm³/mol.